The van der Waals surface area contributed by atoms with Crippen LogP contribution in [0.3, 0.4) is 0 Å². The van der Waals surface area contributed by atoms with Gasteiger partial charge in [-0.05, 0) is 30.7 Å². The molecule has 0 aliphatic rings. The highest BCUT2D eigenvalue weighted by molar-refractivity contribution is 6.31. The quantitative estimate of drug-likeness (QED) is 0.764. The van der Waals surface area contributed by atoms with E-state index in [0.717, 1.165) is 11.3 Å². The molecular weight excluding hydrogens is 314 g/mol. The van der Waals surface area contributed by atoms with Gasteiger partial charge < -0.3 is 15.4 Å². The largest absolute Gasteiger partial charge is 0.495 e. The van der Waals surface area contributed by atoms with Crippen molar-refractivity contribution in [1.29, 1.82) is 0 Å². The van der Waals surface area contributed by atoms with E-state index >= 15 is 0 Å². The molecule has 6 heteroatoms. The van der Waals surface area contributed by atoms with Gasteiger partial charge in [-0.3, -0.25) is 9.78 Å². The average molecular weight is 334 g/mol. The number of hydrogen-bond donors (Lipinski definition) is 2. The molecule has 122 valence electrons. The Hall–Kier alpha value is -2.11. The first-order valence-corrected chi connectivity index (χ1v) is 7.72. The van der Waals surface area contributed by atoms with Gasteiger partial charge in [0.15, 0.2) is 0 Å². The van der Waals surface area contributed by atoms with E-state index in [4.69, 9.17) is 16.3 Å². The highest BCUT2D eigenvalue weighted by Gasteiger charge is 2.10. The Morgan fingerprint density at radius 1 is 1.35 bits per heavy atom. The van der Waals surface area contributed by atoms with Crippen molar-refractivity contribution in [3.63, 3.8) is 0 Å². The van der Waals surface area contributed by atoms with E-state index in [0.29, 0.717) is 36.0 Å². The number of nitrogens with zero attached hydrogens (tertiary/aromatic N) is 1. The Balaban J connectivity index is 1.82. The third kappa shape index (κ3) is 5.23. The van der Waals surface area contributed by atoms with E-state index < -0.39 is 0 Å². The summed E-state index contributed by atoms with van der Waals surface area (Å²) in [5.74, 6) is 0.467. The third-order valence-electron chi connectivity index (χ3n) is 3.32. The summed E-state index contributed by atoms with van der Waals surface area (Å²) in [6, 6.07) is 9.25. The molecule has 0 radical (unpaired) electrons. The number of amides is 1. The lowest BCUT2D eigenvalue weighted by Crippen LogP contribution is -2.22. The molecule has 2 aromatic rings. The van der Waals surface area contributed by atoms with Crippen molar-refractivity contribution in [1.82, 2.24) is 10.3 Å². The van der Waals surface area contributed by atoms with Gasteiger partial charge in [0, 0.05) is 36.8 Å². The summed E-state index contributed by atoms with van der Waals surface area (Å²) in [7, 11) is 1.55. The summed E-state index contributed by atoms with van der Waals surface area (Å²) in [5, 5.41) is 6.65. The summed E-state index contributed by atoms with van der Waals surface area (Å²) in [4.78, 5) is 16.2. The highest BCUT2D eigenvalue weighted by Crippen LogP contribution is 2.30. The van der Waals surface area contributed by atoms with Gasteiger partial charge in [0.05, 0.1) is 18.5 Å². The molecule has 0 aliphatic heterocycles. The molecule has 1 heterocycles. The van der Waals surface area contributed by atoms with Crippen LogP contribution in [0.2, 0.25) is 5.02 Å². The smallest absolute Gasteiger partial charge is 0.225 e. The van der Waals surface area contributed by atoms with Gasteiger partial charge in [-0.1, -0.05) is 17.7 Å². The molecule has 0 bridgehead atoms. The minimum absolute atomic E-state index is 0.0847. The Bertz CT molecular complexity index is 662. The normalized spacial score (nSPS) is 10.4. The standard InChI is InChI=1S/C17H20ClN3O2/c1-12-9-15(16(23-2)10-14(12)18)21-17(22)6-8-19-11-13-5-3-4-7-20-13/h3-5,7,9-10,19H,6,8,11H2,1-2H3,(H,21,22). The van der Waals surface area contributed by atoms with Crippen LogP contribution in [0.4, 0.5) is 5.69 Å². The lowest BCUT2D eigenvalue weighted by molar-refractivity contribution is -0.116. The number of rotatable bonds is 7. The molecule has 0 atom stereocenters. The van der Waals surface area contributed by atoms with Crippen molar-refractivity contribution in [3.8, 4) is 5.75 Å². The number of halogens is 1. The molecule has 2 rings (SSSR count). The molecule has 0 spiro atoms. The third-order valence-corrected chi connectivity index (χ3v) is 3.72. The fourth-order valence-electron chi connectivity index (χ4n) is 2.06. The molecule has 0 unspecified atom stereocenters. The molecule has 0 aliphatic carbocycles. The van der Waals surface area contributed by atoms with Crippen LogP contribution in [0.1, 0.15) is 17.7 Å². The zero-order chi connectivity index (χ0) is 16.7. The molecule has 2 N–H and O–H groups in total. The van der Waals surface area contributed by atoms with Crippen LogP contribution >= 0.6 is 11.6 Å². The summed E-state index contributed by atoms with van der Waals surface area (Å²) in [5.41, 5.74) is 2.46. The first kappa shape index (κ1) is 17.2. The fourth-order valence-corrected chi connectivity index (χ4v) is 2.22. The van der Waals surface area contributed by atoms with Crippen LogP contribution in [0.15, 0.2) is 36.5 Å². The Kier molecular flexibility index (Phi) is 6.38. The van der Waals surface area contributed by atoms with Gasteiger partial charge in [0.1, 0.15) is 5.75 Å². The molecule has 1 aromatic heterocycles. The summed E-state index contributed by atoms with van der Waals surface area (Å²) < 4.78 is 5.24. The highest BCUT2D eigenvalue weighted by atomic mass is 35.5. The molecular formula is C17H20ClN3O2. The molecule has 0 fully saturated rings. The van der Waals surface area contributed by atoms with Gasteiger partial charge in [0.2, 0.25) is 5.91 Å². The summed E-state index contributed by atoms with van der Waals surface area (Å²) in [6.45, 7) is 3.08. The van der Waals surface area contributed by atoms with Gasteiger partial charge in [-0.15, -0.1) is 0 Å². The van der Waals surface area contributed by atoms with Crippen LogP contribution in [0.5, 0.6) is 5.75 Å². The van der Waals surface area contributed by atoms with Crippen molar-refractivity contribution in [2.45, 2.75) is 19.9 Å². The predicted molar refractivity (Wildman–Crippen MR) is 91.9 cm³/mol. The number of aryl methyl sites for hydroxylation is 1. The van der Waals surface area contributed by atoms with Crippen molar-refractivity contribution < 1.29 is 9.53 Å². The van der Waals surface area contributed by atoms with Crippen molar-refractivity contribution in [2.24, 2.45) is 0 Å². The summed E-state index contributed by atoms with van der Waals surface area (Å²) >= 11 is 6.05. The monoisotopic (exact) mass is 333 g/mol. The molecule has 0 saturated carbocycles. The Labute approximate surface area is 141 Å². The molecule has 23 heavy (non-hydrogen) atoms. The van der Waals surface area contributed by atoms with E-state index in [1.165, 1.54) is 0 Å². The molecule has 0 saturated heterocycles. The zero-order valence-electron chi connectivity index (χ0n) is 13.2. The van der Waals surface area contributed by atoms with Gasteiger partial charge in [0.25, 0.3) is 0 Å². The lowest BCUT2D eigenvalue weighted by atomic mass is 10.2. The van der Waals surface area contributed by atoms with E-state index in [1.54, 1.807) is 25.4 Å². The minimum atomic E-state index is -0.0847. The van der Waals surface area contributed by atoms with E-state index in [1.807, 2.05) is 25.1 Å². The molecule has 5 nitrogen and oxygen atoms in total. The number of benzene rings is 1. The average Bonchev–Trinajstić information content (AvgIpc) is 2.56. The Morgan fingerprint density at radius 2 is 2.17 bits per heavy atom. The van der Waals surface area contributed by atoms with E-state index in [-0.39, 0.29) is 5.91 Å². The van der Waals surface area contributed by atoms with Crippen LogP contribution in [-0.4, -0.2) is 24.5 Å². The van der Waals surface area contributed by atoms with Gasteiger partial charge >= 0.3 is 0 Å². The van der Waals surface area contributed by atoms with E-state index in [9.17, 15) is 4.79 Å². The van der Waals surface area contributed by atoms with Crippen LogP contribution in [0, 0.1) is 6.92 Å². The first-order chi connectivity index (χ1) is 11.1. The van der Waals surface area contributed by atoms with Crippen molar-refractivity contribution in [3.05, 3.63) is 52.8 Å². The fraction of sp³-hybridized carbons (Fsp3) is 0.294. The molecule has 1 amide bonds. The number of carbonyl (C=O) groups is 1. The second-order valence-corrected chi connectivity index (χ2v) is 5.50. The summed E-state index contributed by atoms with van der Waals surface area (Å²) in [6.07, 6.45) is 2.11. The molecule has 1 aromatic carbocycles. The van der Waals surface area contributed by atoms with Gasteiger partial charge in [-0.25, -0.2) is 0 Å². The van der Waals surface area contributed by atoms with Crippen LogP contribution < -0.4 is 15.4 Å². The SMILES string of the molecule is COc1cc(Cl)c(C)cc1NC(=O)CCNCc1ccccn1. The first-order valence-electron chi connectivity index (χ1n) is 7.34. The van der Waals surface area contributed by atoms with Gasteiger partial charge in [-0.2, -0.15) is 0 Å². The number of pyridine rings is 1. The van der Waals surface area contributed by atoms with E-state index in [2.05, 4.69) is 15.6 Å². The van der Waals surface area contributed by atoms with Crippen molar-refractivity contribution >= 4 is 23.2 Å². The second kappa shape index (κ2) is 8.50. The number of carbonyl (C=O) groups excluding carboxylic acids is 1. The zero-order valence-corrected chi connectivity index (χ0v) is 14.0. The minimum Gasteiger partial charge on any atom is -0.495 e. The predicted octanol–water partition coefficient (Wildman–Crippen LogP) is 3.17. The Morgan fingerprint density at radius 3 is 2.87 bits per heavy atom. The maximum atomic E-state index is 12.0. The number of ether oxygens (including phenoxy) is 1. The van der Waals surface area contributed by atoms with Crippen LogP contribution in [0.25, 0.3) is 0 Å². The maximum absolute atomic E-state index is 12.0. The number of nitrogens with one attached hydrogen (secondary N) is 2. The second-order valence-electron chi connectivity index (χ2n) is 5.10. The lowest BCUT2D eigenvalue weighted by Gasteiger charge is -2.12. The maximum Gasteiger partial charge on any atom is 0.225 e. The number of aromatic nitrogens is 1. The topological polar surface area (TPSA) is 63.2 Å². The number of hydrogen-bond acceptors (Lipinski definition) is 4. The van der Waals surface area contributed by atoms with Crippen LogP contribution in [-0.2, 0) is 11.3 Å². The number of methoxy groups -OCH3 is 1. The van der Waals surface area contributed by atoms with Crippen molar-refractivity contribution in [2.75, 3.05) is 19.0 Å². The number of anilines is 1.